The van der Waals surface area contributed by atoms with Crippen molar-refractivity contribution in [1.82, 2.24) is 0 Å². The van der Waals surface area contributed by atoms with Gasteiger partial charge in [0.05, 0.1) is 31.1 Å². The Labute approximate surface area is 180 Å². The van der Waals surface area contributed by atoms with E-state index in [2.05, 4.69) is 5.16 Å². The van der Waals surface area contributed by atoms with E-state index >= 15 is 0 Å². The Bertz CT molecular complexity index is 1060. The zero-order valence-corrected chi connectivity index (χ0v) is 17.8. The van der Waals surface area contributed by atoms with Crippen LogP contribution in [0.3, 0.4) is 0 Å². The lowest BCUT2D eigenvalue weighted by molar-refractivity contribution is -0.123. The van der Waals surface area contributed by atoms with Crippen molar-refractivity contribution in [2.45, 2.75) is 6.92 Å². The first-order chi connectivity index (χ1) is 14.6. The van der Waals surface area contributed by atoms with Crippen LogP contribution in [0.25, 0.3) is 10.8 Å². The number of ether oxygens (including phenoxy) is 2. The van der Waals surface area contributed by atoms with Gasteiger partial charge in [-0.3, -0.25) is 4.79 Å². The molecule has 0 saturated carbocycles. The third kappa shape index (κ3) is 4.66. The number of fused-ring (bicyclic) bond motifs is 1. The lowest BCUT2D eigenvalue weighted by Crippen LogP contribution is -2.33. The van der Waals surface area contributed by atoms with Gasteiger partial charge in [0.15, 0.2) is 18.1 Å². The zero-order valence-electron chi connectivity index (χ0n) is 17.1. The van der Waals surface area contributed by atoms with Gasteiger partial charge in [-0.15, -0.1) is 0 Å². The van der Waals surface area contributed by atoms with Crippen LogP contribution in [0, 0.1) is 0 Å². The number of oxime groups is 1. The molecule has 0 aliphatic heterocycles. The summed E-state index contributed by atoms with van der Waals surface area (Å²) < 4.78 is 10.5. The maximum atomic E-state index is 12.7. The highest BCUT2D eigenvalue weighted by atomic mass is 35.5. The second kappa shape index (κ2) is 9.98. The minimum absolute atomic E-state index is 0.184. The van der Waals surface area contributed by atoms with Gasteiger partial charge in [-0.05, 0) is 30.5 Å². The van der Waals surface area contributed by atoms with Crippen LogP contribution in [0.1, 0.15) is 12.5 Å². The third-order valence-corrected chi connectivity index (χ3v) is 4.88. The zero-order chi connectivity index (χ0) is 21.5. The second-order valence-electron chi connectivity index (χ2n) is 6.38. The summed E-state index contributed by atoms with van der Waals surface area (Å²) in [4.78, 5) is 19.7. The van der Waals surface area contributed by atoms with Crippen molar-refractivity contribution in [2.24, 2.45) is 5.16 Å². The lowest BCUT2D eigenvalue weighted by Gasteiger charge is -2.22. The number of carbonyl (C=O) groups excluding carboxylic acids is 1. The lowest BCUT2D eigenvalue weighted by atomic mass is 10.1. The number of benzene rings is 3. The molecule has 0 unspecified atom stereocenters. The average molecular weight is 427 g/mol. The van der Waals surface area contributed by atoms with Crippen LogP contribution in [0.2, 0.25) is 5.02 Å². The van der Waals surface area contributed by atoms with E-state index in [1.165, 1.54) is 20.4 Å². The number of carbonyl (C=O) groups is 1. The molecule has 0 saturated heterocycles. The van der Waals surface area contributed by atoms with Crippen molar-refractivity contribution in [3.63, 3.8) is 0 Å². The predicted molar refractivity (Wildman–Crippen MR) is 120 cm³/mol. The molecule has 3 aromatic carbocycles. The van der Waals surface area contributed by atoms with Gasteiger partial charge in [-0.1, -0.05) is 53.2 Å². The topological polar surface area (TPSA) is 60.4 Å². The van der Waals surface area contributed by atoms with Gasteiger partial charge in [0.2, 0.25) is 0 Å². The highest BCUT2D eigenvalue weighted by molar-refractivity contribution is 6.32. The minimum atomic E-state index is -0.186. The van der Waals surface area contributed by atoms with Crippen LogP contribution in [0.4, 0.5) is 5.69 Å². The molecular formula is C23H23ClN2O4. The Kier molecular flexibility index (Phi) is 7.14. The molecule has 0 radical (unpaired) electrons. The molecule has 6 nitrogen and oxygen atoms in total. The van der Waals surface area contributed by atoms with Crippen molar-refractivity contribution >= 4 is 40.2 Å². The number of methoxy groups -OCH3 is 2. The number of anilines is 1. The molecule has 0 bridgehead atoms. The van der Waals surface area contributed by atoms with Gasteiger partial charge in [0, 0.05) is 17.5 Å². The monoisotopic (exact) mass is 426 g/mol. The van der Waals surface area contributed by atoms with Crippen molar-refractivity contribution < 1.29 is 19.1 Å². The summed E-state index contributed by atoms with van der Waals surface area (Å²) >= 11 is 6.18. The summed E-state index contributed by atoms with van der Waals surface area (Å²) in [6.07, 6.45) is 1.47. The SMILES string of the molecule is CCN(C(=O)CO/N=C/c1cc(Cl)c(OC)c(OC)c1)c1cccc2ccccc12. The summed E-state index contributed by atoms with van der Waals surface area (Å²) in [5.41, 5.74) is 1.51. The normalized spacial score (nSPS) is 10.9. The van der Waals surface area contributed by atoms with E-state index in [1.54, 1.807) is 17.0 Å². The number of hydrogen-bond acceptors (Lipinski definition) is 5. The molecule has 3 rings (SSSR count). The first-order valence-corrected chi connectivity index (χ1v) is 9.81. The molecule has 0 aromatic heterocycles. The van der Waals surface area contributed by atoms with E-state index in [4.69, 9.17) is 25.9 Å². The average Bonchev–Trinajstić information content (AvgIpc) is 2.77. The molecule has 30 heavy (non-hydrogen) atoms. The van der Waals surface area contributed by atoms with E-state index in [0.29, 0.717) is 28.6 Å². The molecule has 0 aliphatic rings. The molecule has 3 aromatic rings. The predicted octanol–water partition coefficient (Wildman–Crippen LogP) is 4.91. The summed E-state index contributed by atoms with van der Waals surface area (Å²) in [5, 5.41) is 6.38. The number of likely N-dealkylation sites (N-methyl/N-ethyl adjacent to an activating group) is 1. The van der Waals surface area contributed by atoms with Crippen molar-refractivity contribution in [3.8, 4) is 11.5 Å². The first kappa shape index (κ1) is 21.5. The standard InChI is InChI=1S/C23H23ClN2O4/c1-4-26(20-11-7-9-17-8-5-6-10-18(17)20)22(27)15-30-25-14-16-12-19(24)23(29-3)21(13-16)28-2/h5-14H,4,15H2,1-3H3/b25-14+. The van der Waals surface area contributed by atoms with Gasteiger partial charge < -0.3 is 19.2 Å². The third-order valence-electron chi connectivity index (χ3n) is 4.59. The second-order valence-corrected chi connectivity index (χ2v) is 6.79. The Balaban J connectivity index is 1.69. The minimum Gasteiger partial charge on any atom is -0.493 e. The molecule has 0 atom stereocenters. The number of hydrogen-bond donors (Lipinski definition) is 0. The maximum Gasteiger partial charge on any atom is 0.267 e. The van der Waals surface area contributed by atoms with Crippen LogP contribution in [0.5, 0.6) is 11.5 Å². The quantitative estimate of drug-likeness (QED) is 0.379. The Morgan fingerprint density at radius 3 is 2.60 bits per heavy atom. The fourth-order valence-electron chi connectivity index (χ4n) is 3.21. The number of rotatable bonds is 8. The smallest absolute Gasteiger partial charge is 0.267 e. The molecule has 0 heterocycles. The molecule has 1 amide bonds. The van der Waals surface area contributed by atoms with E-state index in [-0.39, 0.29) is 12.5 Å². The van der Waals surface area contributed by atoms with Crippen LogP contribution in [0.15, 0.2) is 59.8 Å². The molecule has 0 aliphatic carbocycles. The van der Waals surface area contributed by atoms with Crippen molar-refractivity contribution in [1.29, 1.82) is 0 Å². The first-order valence-electron chi connectivity index (χ1n) is 9.44. The van der Waals surface area contributed by atoms with Crippen LogP contribution in [-0.2, 0) is 9.63 Å². The van der Waals surface area contributed by atoms with E-state index in [9.17, 15) is 4.79 Å². The number of nitrogens with zero attached hydrogens (tertiary/aromatic N) is 2. The summed E-state index contributed by atoms with van der Waals surface area (Å²) in [6, 6.07) is 17.2. The molecule has 7 heteroatoms. The largest absolute Gasteiger partial charge is 0.493 e. The van der Waals surface area contributed by atoms with Gasteiger partial charge >= 0.3 is 0 Å². The van der Waals surface area contributed by atoms with E-state index in [0.717, 1.165) is 16.5 Å². The summed E-state index contributed by atoms with van der Waals surface area (Å²) in [7, 11) is 3.04. The van der Waals surface area contributed by atoms with Gasteiger partial charge in [0.25, 0.3) is 5.91 Å². The molecule has 0 spiro atoms. The number of halogens is 1. The van der Waals surface area contributed by atoms with E-state index in [1.807, 2.05) is 49.4 Å². The van der Waals surface area contributed by atoms with Crippen LogP contribution < -0.4 is 14.4 Å². The Morgan fingerprint density at radius 1 is 1.10 bits per heavy atom. The molecular weight excluding hydrogens is 404 g/mol. The Morgan fingerprint density at radius 2 is 1.87 bits per heavy atom. The summed E-state index contributed by atoms with van der Waals surface area (Å²) in [5.74, 6) is 0.744. The highest BCUT2D eigenvalue weighted by Crippen LogP contribution is 2.35. The molecule has 0 fully saturated rings. The maximum absolute atomic E-state index is 12.7. The summed E-state index contributed by atoms with van der Waals surface area (Å²) in [6.45, 7) is 2.26. The van der Waals surface area contributed by atoms with Gasteiger partial charge in [0.1, 0.15) is 0 Å². The van der Waals surface area contributed by atoms with Crippen molar-refractivity contribution in [2.75, 3.05) is 32.3 Å². The number of amides is 1. The van der Waals surface area contributed by atoms with Crippen LogP contribution in [-0.4, -0.2) is 39.5 Å². The fraction of sp³-hybridized carbons (Fsp3) is 0.217. The molecule has 156 valence electrons. The van der Waals surface area contributed by atoms with Gasteiger partial charge in [-0.2, -0.15) is 0 Å². The van der Waals surface area contributed by atoms with Gasteiger partial charge in [-0.25, -0.2) is 0 Å². The highest BCUT2D eigenvalue weighted by Gasteiger charge is 2.16. The fourth-order valence-corrected chi connectivity index (χ4v) is 3.50. The van der Waals surface area contributed by atoms with Crippen molar-refractivity contribution in [3.05, 3.63) is 65.2 Å². The van der Waals surface area contributed by atoms with Crippen LogP contribution >= 0.6 is 11.6 Å². The van der Waals surface area contributed by atoms with E-state index < -0.39 is 0 Å². The Hall–Kier alpha value is -3.25. The molecule has 0 N–H and O–H groups in total.